The molecule has 5 rings (SSSR count). The van der Waals surface area contributed by atoms with Crippen LogP contribution in [0.4, 0.5) is 5.69 Å². The SMILES string of the molecule is COCCOCC[N+](CCCS(=O)(=O)O)=c1ccc2c(C(C)(C)C)cc(/C=C/C=C3/N(CCOCCOCCC(=O)ON4C(=O)CCC4=O)c4ccc(S(=O)(=O)O)cc4C3(C)CCCS(=O)(=O)O)oc-2c1. The predicted molar refractivity (Wildman–Crippen MR) is 260 cm³/mol. The zero-order chi connectivity index (χ0) is 52.2. The minimum absolute atomic E-state index is 0.0187. The first-order valence-corrected chi connectivity index (χ1v) is 27.6. The van der Waals surface area contributed by atoms with Gasteiger partial charge in [0.15, 0.2) is 6.54 Å². The van der Waals surface area contributed by atoms with Crippen molar-refractivity contribution in [3.05, 3.63) is 82.6 Å². The van der Waals surface area contributed by atoms with E-state index in [1.54, 1.807) is 31.4 Å². The quantitative estimate of drug-likeness (QED) is 0.0421. The van der Waals surface area contributed by atoms with Crippen LogP contribution in [-0.4, -0.2) is 146 Å². The van der Waals surface area contributed by atoms with Crippen molar-refractivity contribution in [2.75, 3.05) is 89.4 Å². The monoisotopic (exact) mass is 1050 g/mol. The Kier molecular flexibility index (Phi) is 19.8. The Bertz CT molecular complexity index is 2820. The summed E-state index contributed by atoms with van der Waals surface area (Å²) in [7, 11) is -11.7. The smallest absolute Gasteiger partial charge is 0.335 e. The van der Waals surface area contributed by atoms with E-state index in [-0.39, 0.29) is 88.4 Å². The zero-order valence-corrected chi connectivity index (χ0v) is 43.0. The van der Waals surface area contributed by atoms with Gasteiger partial charge in [-0.15, -0.1) is 5.06 Å². The number of hydroxylamine groups is 2. The minimum atomic E-state index is -4.66. The molecule has 24 heteroatoms. The fraction of sp³-hybridized carbons (Fsp3) is 0.532. The Balaban J connectivity index is 1.46. The lowest BCUT2D eigenvalue weighted by molar-refractivity contribution is -0.198. The van der Waals surface area contributed by atoms with Gasteiger partial charge in [-0.3, -0.25) is 23.2 Å². The van der Waals surface area contributed by atoms with Crippen LogP contribution in [0.5, 0.6) is 0 Å². The minimum Gasteiger partial charge on any atom is -0.456 e. The molecule has 1 saturated heterocycles. The summed E-state index contributed by atoms with van der Waals surface area (Å²) >= 11 is 0. The van der Waals surface area contributed by atoms with Crippen LogP contribution < -0.4 is 14.8 Å². The molecular weight excluding hydrogens is 991 g/mol. The van der Waals surface area contributed by atoms with Crippen LogP contribution in [0.2, 0.25) is 0 Å². The van der Waals surface area contributed by atoms with E-state index in [1.807, 2.05) is 40.7 Å². The van der Waals surface area contributed by atoms with Crippen molar-refractivity contribution in [1.29, 1.82) is 0 Å². The van der Waals surface area contributed by atoms with Crippen molar-refractivity contribution >= 4 is 59.9 Å². The van der Waals surface area contributed by atoms with Crippen molar-refractivity contribution in [3.8, 4) is 11.3 Å². The summed E-state index contributed by atoms with van der Waals surface area (Å²) in [5.74, 6) is -2.00. The fourth-order valence-electron chi connectivity index (χ4n) is 8.30. The van der Waals surface area contributed by atoms with E-state index in [4.69, 9.17) is 28.2 Å². The van der Waals surface area contributed by atoms with Gasteiger partial charge in [-0.25, -0.2) is 9.37 Å². The number of benzene rings is 2. The normalized spacial score (nSPS) is 17.8. The summed E-state index contributed by atoms with van der Waals surface area (Å²) in [6.45, 7) is 10.2. The molecule has 0 aromatic heterocycles. The van der Waals surface area contributed by atoms with Crippen molar-refractivity contribution in [2.45, 2.75) is 81.9 Å². The second kappa shape index (κ2) is 24.7. The topological polar surface area (TPSA) is 283 Å². The van der Waals surface area contributed by atoms with Crippen molar-refractivity contribution in [2.24, 2.45) is 0 Å². The molecule has 3 aliphatic heterocycles. The number of hydrogen-bond donors (Lipinski definition) is 3. The highest BCUT2D eigenvalue weighted by Gasteiger charge is 2.44. The third-order valence-corrected chi connectivity index (χ3v) is 14.3. The van der Waals surface area contributed by atoms with Gasteiger partial charge in [0.2, 0.25) is 5.36 Å². The Morgan fingerprint density at radius 1 is 0.817 bits per heavy atom. The van der Waals surface area contributed by atoms with Gasteiger partial charge in [-0.1, -0.05) is 26.8 Å². The number of allylic oxidation sites excluding steroid dienone is 3. The second-order valence-electron chi connectivity index (χ2n) is 18.2. The number of rotatable bonds is 27. The largest absolute Gasteiger partial charge is 0.456 e. The van der Waals surface area contributed by atoms with Gasteiger partial charge in [0.05, 0.1) is 68.5 Å². The van der Waals surface area contributed by atoms with Gasteiger partial charge in [0.1, 0.15) is 24.7 Å². The molecule has 1 atom stereocenters. The van der Waals surface area contributed by atoms with E-state index < -0.39 is 65.1 Å². The molecule has 1 aliphatic carbocycles. The number of amides is 2. The first-order chi connectivity index (χ1) is 33.3. The Morgan fingerprint density at radius 3 is 2.11 bits per heavy atom. The molecular formula is C47H64N3O18S3+. The highest BCUT2D eigenvalue weighted by atomic mass is 32.2. The fourth-order valence-corrected chi connectivity index (χ4v) is 9.81. The van der Waals surface area contributed by atoms with Gasteiger partial charge < -0.3 is 33.1 Å². The summed E-state index contributed by atoms with van der Waals surface area (Å²) in [5.41, 5.74) is 1.98. The zero-order valence-electron chi connectivity index (χ0n) is 40.5. The lowest BCUT2D eigenvalue weighted by atomic mass is 9.77. The first kappa shape index (κ1) is 57.0. The molecule has 0 radical (unpaired) electrons. The summed E-state index contributed by atoms with van der Waals surface area (Å²) in [4.78, 5) is 42.0. The summed E-state index contributed by atoms with van der Waals surface area (Å²) < 4.78 is 132. The Hall–Kier alpha value is -4.89. The average Bonchev–Trinajstić information content (AvgIpc) is 3.71. The first-order valence-electron chi connectivity index (χ1n) is 22.9. The van der Waals surface area contributed by atoms with Crippen LogP contribution in [-0.2, 0) is 79.4 Å². The molecule has 1 fully saturated rings. The number of anilines is 1. The van der Waals surface area contributed by atoms with Crippen molar-refractivity contribution in [1.82, 2.24) is 9.64 Å². The van der Waals surface area contributed by atoms with Crippen molar-refractivity contribution in [3.63, 3.8) is 0 Å². The number of nitrogens with zero attached hydrogens (tertiary/aromatic N) is 3. The Morgan fingerprint density at radius 2 is 1.46 bits per heavy atom. The van der Waals surface area contributed by atoms with Crippen LogP contribution in [0.15, 0.2) is 69.6 Å². The van der Waals surface area contributed by atoms with Gasteiger partial charge in [0, 0.05) is 61.3 Å². The Labute approximate surface area is 414 Å². The number of carbonyl (C=O) groups excluding carboxylic acids is 3. The summed E-state index contributed by atoms with van der Waals surface area (Å²) in [5, 5.41) is 1.19. The van der Waals surface area contributed by atoms with Crippen LogP contribution in [0.1, 0.15) is 83.1 Å². The molecule has 21 nitrogen and oxygen atoms in total. The van der Waals surface area contributed by atoms with Crippen LogP contribution in [0.25, 0.3) is 17.4 Å². The van der Waals surface area contributed by atoms with Crippen molar-refractivity contribution < 1.29 is 81.5 Å². The molecule has 4 aliphatic rings. The maximum absolute atomic E-state index is 12.4. The predicted octanol–water partition coefficient (Wildman–Crippen LogP) is 4.02. The van der Waals surface area contributed by atoms with Gasteiger partial charge in [-0.2, -0.15) is 25.3 Å². The van der Waals surface area contributed by atoms with Crippen LogP contribution in [0.3, 0.4) is 0 Å². The third kappa shape index (κ3) is 16.6. The standard InChI is InChI=1S/C47H63N3O18S3/c1-46(2,3)38-32-35(67-41-31-34(11-13-37(38)41)48(19-8-30-70(57,58)59)20-23-65-26-25-63-5)9-6-10-42-47(4,18-7-29-69(54,55)56)39-33-36(71(60,61)62)12-14-40(39)49(42)21-24-66-28-27-64-22-17-45(53)68-50-43(51)15-16-44(50)52/h6,9-14,31-33H,7-8,15-30H2,1-5H3,(H2-,54,55,56,57,58,59,60,61,62)/p+1. The summed E-state index contributed by atoms with van der Waals surface area (Å²) in [6.07, 6.45) is 5.26. The van der Waals surface area contributed by atoms with Gasteiger partial charge in [0.25, 0.3) is 42.2 Å². The van der Waals surface area contributed by atoms with Crippen LogP contribution in [0, 0.1) is 0 Å². The second-order valence-corrected chi connectivity index (χ2v) is 22.7. The molecule has 71 heavy (non-hydrogen) atoms. The van der Waals surface area contributed by atoms with Gasteiger partial charge >= 0.3 is 5.97 Å². The number of methoxy groups -OCH3 is 1. The van der Waals surface area contributed by atoms with E-state index in [0.29, 0.717) is 59.9 Å². The van der Waals surface area contributed by atoms with Gasteiger partial charge in [-0.05, 0) is 78.8 Å². The number of fused-ring (bicyclic) bond motifs is 2. The third-order valence-electron chi connectivity index (χ3n) is 11.8. The van der Waals surface area contributed by atoms with E-state index in [1.165, 1.54) is 12.1 Å². The molecule has 1 unspecified atom stereocenters. The molecule has 2 amide bonds. The lowest BCUT2D eigenvalue weighted by Gasteiger charge is -2.30. The average molecular weight is 1060 g/mol. The number of hydrogen-bond acceptors (Lipinski definition) is 16. The molecule has 3 heterocycles. The van der Waals surface area contributed by atoms with E-state index >= 15 is 0 Å². The van der Waals surface area contributed by atoms with E-state index in [9.17, 15) is 53.3 Å². The molecule has 1 aromatic carbocycles. The molecule has 0 bridgehead atoms. The summed E-state index contributed by atoms with van der Waals surface area (Å²) in [6, 6.07) is 11.8. The number of imide groups is 1. The highest BCUT2D eigenvalue weighted by Crippen LogP contribution is 2.51. The lowest BCUT2D eigenvalue weighted by Crippen LogP contribution is -2.35. The number of ether oxygens (including phenoxy) is 4. The molecule has 392 valence electrons. The molecule has 1 aromatic rings. The van der Waals surface area contributed by atoms with E-state index in [2.05, 4.69) is 20.8 Å². The number of carbonyl (C=O) groups is 3. The highest BCUT2D eigenvalue weighted by molar-refractivity contribution is 7.86. The molecule has 3 N–H and O–H groups in total. The molecule has 0 spiro atoms. The maximum atomic E-state index is 12.4. The van der Waals surface area contributed by atoms with E-state index in [0.717, 1.165) is 16.5 Å². The van der Waals surface area contributed by atoms with Crippen LogP contribution >= 0.6 is 0 Å². The maximum Gasteiger partial charge on any atom is 0.335 e. The molecule has 0 saturated carbocycles.